The molecule has 0 fully saturated rings. The molecule has 1 atom stereocenters. The molecule has 1 unspecified atom stereocenters. The third-order valence-electron chi connectivity index (χ3n) is 6.75. The first-order chi connectivity index (χ1) is 19.6. The van der Waals surface area contributed by atoms with Crippen LogP contribution in [-0.2, 0) is 0 Å². The molecule has 4 N–H and O–H groups in total. The van der Waals surface area contributed by atoms with Gasteiger partial charge < -0.3 is 10.3 Å². The highest BCUT2D eigenvalue weighted by atomic mass is 16.5. The van der Waals surface area contributed by atoms with Gasteiger partial charge >= 0.3 is 0 Å². The fraction of sp³-hybridized carbons (Fsp3) is 0.103. The summed E-state index contributed by atoms with van der Waals surface area (Å²) in [6, 6.07) is 21.2. The molecule has 0 aliphatic carbocycles. The number of aromatic nitrogens is 6. The lowest BCUT2D eigenvalue weighted by molar-refractivity contribution is 0.0706. The average Bonchev–Trinajstić information content (AvgIpc) is 3.49. The second-order valence-corrected chi connectivity index (χ2v) is 9.09. The maximum Gasteiger partial charge on any atom is 0.274 e. The number of para-hydroxylation sites is 1. The monoisotopic (exact) mass is 532 g/mol. The Kier molecular flexibility index (Phi) is 6.46. The lowest BCUT2D eigenvalue weighted by Crippen LogP contribution is -2.28. The lowest BCUT2D eigenvalue weighted by atomic mass is 9.99. The molecule has 0 aliphatic rings. The Labute approximate surface area is 227 Å². The van der Waals surface area contributed by atoms with Crippen molar-refractivity contribution in [3.8, 4) is 16.8 Å². The van der Waals surface area contributed by atoms with Crippen molar-refractivity contribution < 1.29 is 10.0 Å². The zero-order valence-electron chi connectivity index (χ0n) is 21.4. The van der Waals surface area contributed by atoms with Crippen molar-refractivity contribution in [2.45, 2.75) is 19.4 Å². The Bertz CT molecular complexity index is 1900. The van der Waals surface area contributed by atoms with Gasteiger partial charge in [0.2, 0.25) is 0 Å². The molecule has 0 bridgehead atoms. The highest BCUT2D eigenvalue weighted by Crippen LogP contribution is 2.30. The molecule has 11 heteroatoms. The van der Waals surface area contributed by atoms with Crippen LogP contribution in [0.15, 0.2) is 90.2 Å². The molecular formula is C29H24N8O3. The first-order valence-electron chi connectivity index (χ1n) is 12.7. The zero-order valence-corrected chi connectivity index (χ0v) is 21.4. The Balaban J connectivity index is 1.55. The van der Waals surface area contributed by atoms with Crippen molar-refractivity contribution in [1.82, 2.24) is 35.0 Å². The van der Waals surface area contributed by atoms with Crippen LogP contribution in [0.25, 0.3) is 38.9 Å². The molecule has 0 aliphatic heterocycles. The van der Waals surface area contributed by atoms with Gasteiger partial charge in [-0.05, 0) is 47.9 Å². The maximum atomic E-state index is 14.4. The van der Waals surface area contributed by atoms with Crippen LogP contribution >= 0.6 is 0 Å². The van der Waals surface area contributed by atoms with E-state index in [0.29, 0.717) is 56.9 Å². The predicted octanol–water partition coefficient (Wildman–Crippen LogP) is 4.40. The van der Waals surface area contributed by atoms with E-state index >= 15 is 0 Å². The van der Waals surface area contributed by atoms with Gasteiger partial charge in [0.25, 0.3) is 11.5 Å². The number of rotatable bonds is 7. The summed E-state index contributed by atoms with van der Waals surface area (Å²) in [6.45, 7) is 2.01. The van der Waals surface area contributed by atoms with E-state index in [9.17, 15) is 9.59 Å². The molecule has 3 aromatic heterocycles. The standard InChI is InChI=1S/C29H24N8O3/c1-2-21(34-26-24-25(31-15-30-24)32-16-33-26)27-35-22-10-6-9-20(17-11-13-18(14-12-17)28(38)36-40)23(22)29(39)37(27)19-7-4-3-5-8-19/h3-16,21,40H,2H2,1H3,(H,36,38)(H2,30,31,32,33,34). The van der Waals surface area contributed by atoms with Gasteiger partial charge in [0, 0.05) is 5.56 Å². The molecule has 0 spiro atoms. The van der Waals surface area contributed by atoms with E-state index in [1.54, 1.807) is 40.6 Å². The Morgan fingerprint density at radius 1 is 1.00 bits per heavy atom. The molecule has 6 aromatic rings. The van der Waals surface area contributed by atoms with Crippen molar-refractivity contribution >= 4 is 33.8 Å². The first kappa shape index (κ1) is 24.9. The topological polar surface area (TPSA) is 151 Å². The van der Waals surface area contributed by atoms with Gasteiger partial charge in [-0.2, -0.15) is 0 Å². The molecule has 0 radical (unpaired) electrons. The summed E-state index contributed by atoms with van der Waals surface area (Å²) in [7, 11) is 0. The minimum Gasteiger partial charge on any atom is -0.358 e. The highest BCUT2D eigenvalue weighted by Gasteiger charge is 2.23. The lowest BCUT2D eigenvalue weighted by Gasteiger charge is -2.22. The third-order valence-corrected chi connectivity index (χ3v) is 6.75. The molecule has 6 rings (SSSR count). The molecule has 198 valence electrons. The number of nitrogens with one attached hydrogen (secondary N) is 3. The van der Waals surface area contributed by atoms with Crippen molar-refractivity contribution in [3.63, 3.8) is 0 Å². The number of hydroxylamine groups is 1. The van der Waals surface area contributed by atoms with Crippen LogP contribution < -0.4 is 16.4 Å². The van der Waals surface area contributed by atoms with Crippen LogP contribution in [0.1, 0.15) is 35.6 Å². The molecule has 11 nitrogen and oxygen atoms in total. The number of anilines is 1. The van der Waals surface area contributed by atoms with Crippen molar-refractivity contribution in [2.75, 3.05) is 5.32 Å². The van der Waals surface area contributed by atoms with Crippen LogP contribution in [-0.4, -0.2) is 40.6 Å². The zero-order chi connectivity index (χ0) is 27.6. The van der Waals surface area contributed by atoms with Crippen LogP contribution in [0.5, 0.6) is 0 Å². The van der Waals surface area contributed by atoms with Gasteiger partial charge in [0.1, 0.15) is 17.7 Å². The van der Waals surface area contributed by atoms with Crippen LogP contribution in [0.3, 0.4) is 0 Å². The molecule has 0 saturated carbocycles. The fourth-order valence-electron chi connectivity index (χ4n) is 4.80. The number of nitrogens with zero attached hydrogens (tertiary/aromatic N) is 5. The summed E-state index contributed by atoms with van der Waals surface area (Å²) in [6.07, 6.45) is 3.62. The molecule has 0 saturated heterocycles. The number of carbonyl (C=O) groups excluding carboxylic acids is 1. The largest absolute Gasteiger partial charge is 0.358 e. The van der Waals surface area contributed by atoms with Gasteiger partial charge in [-0.25, -0.2) is 25.4 Å². The van der Waals surface area contributed by atoms with Gasteiger partial charge in [-0.1, -0.05) is 49.4 Å². The molecule has 40 heavy (non-hydrogen) atoms. The maximum absolute atomic E-state index is 14.4. The third kappa shape index (κ3) is 4.33. The van der Waals surface area contributed by atoms with E-state index in [4.69, 9.17) is 10.2 Å². The Morgan fingerprint density at radius 3 is 2.55 bits per heavy atom. The summed E-state index contributed by atoms with van der Waals surface area (Å²) in [5.74, 6) is 0.449. The second-order valence-electron chi connectivity index (χ2n) is 9.09. The number of benzene rings is 3. The summed E-state index contributed by atoms with van der Waals surface area (Å²) in [5, 5.41) is 12.8. The van der Waals surface area contributed by atoms with Gasteiger partial charge in [0.05, 0.1) is 29.0 Å². The van der Waals surface area contributed by atoms with Gasteiger partial charge in [-0.15, -0.1) is 0 Å². The quantitative estimate of drug-likeness (QED) is 0.174. The van der Waals surface area contributed by atoms with Crippen molar-refractivity contribution in [3.05, 3.63) is 107 Å². The number of amides is 1. The number of hydrogen-bond donors (Lipinski definition) is 4. The Morgan fingerprint density at radius 2 is 1.80 bits per heavy atom. The van der Waals surface area contributed by atoms with Gasteiger partial charge in [0.15, 0.2) is 11.5 Å². The minimum atomic E-state index is -0.615. The van der Waals surface area contributed by atoms with E-state index in [0.717, 1.165) is 5.56 Å². The molecule has 3 heterocycles. The summed E-state index contributed by atoms with van der Waals surface area (Å²) < 4.78 is 1.63. The average molecular weight is 533 g/mol. The van der Waals surface area contributed by atoms with Crippen LogP contribution in [0.2, 0.25) is 0 Å². The van der Waals surface area contributed by atoms with Crippen molar-refractivity contribution in [2.24, 2.45) is 0 Å². The summed E-state index contributed by atoms with van der Waals surface area (Å²) in [4.78, 5) is 47.1. The number of aromatic amines is 1. The molecule has 3 aromatic carbocycles. The van der Waals surface area contributed by atoms with Crippen LogP contribution in [0.4, 0.5) is 5.82 Å². The van der Waals surface area contributed by atoms with E-state index < -0.39 is 5.91 Å². The number of hydrogen-bond acceptors (Lipinski definition) is 8. The number of carbonyl (C=O) groups is 1. The first-order valence-corrected chi connectivity index (χ1v) is 12.7. The van der Waals surface area contributed by atoms with E-state index in [-0.39, 0.29) is 11.6 Å². The number of H-pyrrole nitrogens is 1. The van der Waals surface area contributed by atoms with Gasteiger partial charge in [-0.3, -0.25) is 19.4 Å². The van der Waals surface area contributed by atoms with Crippen LogP contribution in [0, 0.1) is 0 Å². The fourth-order valence-corrected chi connectivity index (χ4v) is 4.80. The SMILES string of the molecule is CCC(Nc1ncnc2[nH]cnc12)c1nc2cccc(-c3ccc(C(=O)NO)cc3)c2c(=O)n1-c1ccccc1. The second kappa shape index (κ2) is 10.4. The Hall–Kier alpha value is -5.42. The van der Waals surface area contributed by atoms with E-state index in [1.807, 2.05) is 55.5 Å². The molecule has 1 amide bonds. The van der Waals surface area contributed by atoms with E-state index in [1.165, 1.54) is 6.33 Å². The minimum absolute atomic E-state index is 0.230. The highest BCUT2D eigenvalue weighted by molar-refractivity contribution is 5.97. The predicted molar refractivity (Wildman–Crippen MR) is 150 cm³/mol. The summed E-state index contributed by atoms with van der Waals surface area (Å²) in [5.41, 5.74) is 5.52. The number of imidazole rings is 1. The summed E-state index contributed by atoms with van der Waals surface area (Å²) >= 11 is 0. The smallest absolute Gasteiger partial charge is 0.274 e. The normalized spacial score (nSPS) is 11.9. The van der Waals surface area contributed by atoms with E-state index in [2.05, 4.69) is 25.3 Å². The van der Waals surface area contributed by atoms with Crippen molar-refractivity contribution in [1.29, 1.82) is 0 Å². The number of fused-ring (bicyclic) bond motifs is 2. The molecular weight excluding hydrogens is 508 g/mol.